The lowest BCUT2D eigenvalue weighted by molar-refractivity contribution is 0.309. The molecule has 4 rings (SSSR count). The molecule has 0 saturated carbocycles. The molecule has 31 heavy (non-hydrogen) atoms. The Labute approximate surface area is 186 Å². The van der Waals surface area contributed by atoms with Crippen LogP contribution in [0.2, 0.25) is 0 Å². The predicted octanol–water partition coefficient (Wildman–Crippen LogP) is 6.26. The van der Waals surface area contributed by atoms with E-state index in [1.807, 2.05) is 54.7 Å². The highest BCUT2D eigenvalue weighted by atomic mass is 31.1. The van der Waals surface area contributed by atoms with Crippen molar-refractivity contribution in [2.45, 2.75) is 20.5 Å². The van der Waals surface area contributed by atoms with Crippen LogP contribution in [-0.4, -0.2) is 6.21 Å². The first-order valence-corrected chi connectivity index (χ1v) is 11.4. The van der Waals surface area contributed by atoms with Crippen LogP contribution in [-0.2, 0) is 6.61 Å². The molecule has 2 nitrogen and oxygen atoms in total. The third-order valence-electron chi connectivity index (χ3n) is 5.05. The number of aryl methyl sites for hydroxylation is 2. The molecule has 3 heteroatoms. The molecule has 0 aromatic heterocycles. The van der Waals surface area contributed by atoms with Crippen LogP contribution in [0, 0.1) is 13.8 Å². The Kier molecular flexibility index (Phi) is 6.92. The molecule has 0 heterocycles. The van der Waals surface area contributed by atoms with Gasteiger partial charge in [-0.3, -0.25) is 4.99 Å². The largest absolute Gasteiger partial charge is 0.488 e. The van der Waals surface area contributed by atoms with Crippen molar-refractivity contribution >= 4 is 31.1 Å². The van der Waals surface area contributed by atoms with E-state index in [9.17, 15) is 0 Å². The molecule has 154 valence electrons. The first kappa shape index (κ1) is 21.0. The van der Waals surface area contributed by atoms with Crippen LogP contribution < -0.4 is 15.3 Å². The fraction of sp³-hybridized carbons (Fsp3) is 0.107. The summed E-state index contributed by atoms with van der Waals surface area (Å²) >= 11 is 0. The van der Waals surface area contributed by atoms with E-state index in [0.717, 1.165) is 17.0 Å². The smallest absolute Gasteiger partial charge is 0.127 e. The third kappa shape index (κ3) is 5.69. The van der Waals surface area contributed by atoms with Crippen LogP contribution in [0.3, 0.4) is 0 Å². The number of ether oxygens (including phenoxy) is 1. The normalized spacial score (nSPS) is 11.4. The summed E-state index contributed by atoms with van der Waals surface area (Å²) in [4.78, 5) is 4.68. The topological polar surface area (TPSA) is 21.6 Å². The first-order chi connectivity index (χ1) is 15.2. The molecule has 4 aromatic rings. The van der Waals surface area contributed by atoms with Crippen LogP contribution in [0.1, 0.15) is 22.3 Å². The zero-order valence-electron chi connectivity index (χ0n) is 17.9. The molecule has 0 bridgehead atoms. The van der Waals surface area contributed by atoms with E-state index in [1.165, 1.54) is 27.3 Å². The maximum atomic E-state index is 6.23. The van der Waals surface area contributed by atoms with Crippen molar-refractivity contribution in [3.8, 4) is 5.75 Å². The molecular weight excluding hydrogens is 397 g/mol. The zero-order valence-corrected chi connectivity index (χ0v) is 18.9. The summed E-state index contributed by atoms with van der Waals surface area (Å²) in [6.07, 6.45) is 1.98. The summed E-state index contributed by atoms with van der Waals surface area (Å²) < 4.78 is 6.23. The molecule has 0 fully saturated rings. The third-order valence-corrected chi connectivity index (χ3v) is 6.64. The molecule has 1 unspecified atom stereocenters. The van der Waals surface area contributed by atoms with Crippen molar-refractivity contribution < 1.29 is 4.74 Å². The van der Waals surface area contributed by atoms with E-state index >= 15 is 0 Å². The van der Waals surface area contributed by atoms with Gasteiger partial charge in [-0.1, -0.05) is 86.9 Å². The van der Waals surface area contributed by atoms with Crippen molar-refractivity contribution in [2.24, 2.45) is 4.99 Å². The van der Waals surface area contributed by atoms with Gasteiger partial charge in [0.2, 0.25) is 0 Å². The van der Waals surface area contributed by atoms with Crippen molar-refractivity contribution in [2.75, 3.05) is 0 Å². The first-order valence-electron chi connectivity index (χ1n) is 10.4. The Morgan fingerprint density at radius 3 is 2.32 bits per heavy atom. The Balaban J connectivity index is 1.61. The number of rotatable bonds is 7. The van der Waals surface area contributed by atoms with E-state index in [2.05, 4.69) is 67.4 Å². The van der Waals surface area contributed by atoms with Crippen LogP contribution in [0.25, 0.3) is 0 Å². The molecule has 0 radical (unpaired) electrons. The number of nitrogens with zero attached hydrogens (tertiary/aromatic N) is 1. The van der Waals surface area contributed by atoms with Gasteiger partial charge in [0.15, 0.2) is 0 Å². The van der Waals surface area contributed by atoms with Gasteiger partial charge in [-0.15, -0.1) is 0 Å². The Morgan fingerprint density at radius 2 is 1.55 bits per heavy atom. The van der Waals surface area contributed by atoms with E-state index in [-0.39, 0.29) is 0 Å². The van der Waals surface area contributed by atoms with Crippen molar-refractivity contribution in [1.82, 2.24) is 0 Å². The maximum Gasteiger partial charge on any atom is 0.127 e. The minimum Gasteiger partial charge on any atom is -0.488 e. The molecule has 0 aliphatic carbocycles. The molecule has 0 spiro atoms. The van der Waals surface area contributed by atoms with Gasteiger partial charge < -0.3 is 4.74 Å². The van der Waals surface area contributed by atoms with Gasteiger partial charge in [0, 0.05) is 17.1 Å². The summed E-state index contributed by atoms with van der Waals surface area (Å²) in [6, 6.07) is 33.2. The Bertz CT molecular complexity index is 1170. The lowest BCUT2D eigenvalue weighted by Gasteiger charge is -2.15. The molecule has 0 amide bonds. The van der Waals surface area contributed by atoms with Crippen molar-refractivity contribution in [3.05, 3.63) is 119 Å². The van der Waals surface area contributed by atoms with Crippen molar-refractivity contribution in [1.29, 1.82) is 0 Å². The van der Waals surface area contributed by atoms with Gasteiger partial charge in [0.1, 0.15) is 12.4 Å². The fourth-order valence-electron chi connectivity index (χ4n) is 3.36. The number of hydrogen-bond acceptors (Lipinski definition) is 2. The molecule has 4 aromatic carbocycles. The minimum atomic E-state index is 0.488. The van der Waals surface area contributed by atoms with Crippen LogP contribution in [0.5, 0.6) is 5.75 Å². The highest BCUT2D eigenvalue weighted by Gasteiger charge is 2.11. The zero-order chi connectivity index (χ0) is 21.5. The number of benzene rings is 4. The highest BCUT2D eigenvalue weighted by Crippen LogP contribution is 2.24. The van der Waals surface area contributed by atoms with Gasteiger partial charge in [-0.05, 0) is 54.5 Å². The lowest BCUT2D eigenvalue weighted by atomic mass is 10.1. The molecular formula is C28H26NOP. The average Bonchev–Trinajstić information content (AvgIpc) is 2.80. The van der Waals surface area contributed by atoms with Crippen molar-refractivity contribution in [3.63, 3.8) is 0 Å². The quantitative estimate of drug-likeness (QED) is 0.254. The van der Waals surface area contributed by atoms with Gasteiger partial charge in [0.05, 0.1) is 5.69 Å². The van der Waals surface area contributed by atoms with E-state index in [4.69, 9.17) is 4.74 Å². The maximum absolute atomic E-state index is 6.23. The molecule has 1 atom stereocenters. The Morgan fingerprint density at radius 1 is 0.806 bits per heavy atom. The second-order valence-corrected chi connectivity index (χ2v) is 8.82. The monoisotopic (exact) mass is 423 g/mol. The number of hydrogen-bond donors (Lipinski definition) is 0. The number of aliphatic imine (C=N–C) groups is 1. The SMILES string of the molecule is Cc1ccc(OCc2ccccc2)c(Pc2c(C)cccc2/C=N/c2ccccc2)c1. The van der Waals surface area contributed by atoms with E-state index in [0.29, 0.717) is 15.2 Å². The summed E-state index contributed by atoms with van der Waals surface area (Å²) in [5.74, 6) is 0.946. The van der Waals surface area contributed by atoms with Gasteiger partial charge in [0.25, 0.3) is 0 Å². The van der Waals surface area contributed by atoms with Gasteiger partial charge in [-0.2, -0.15) is 0 Å². The second-order valence-electron chi connectivity index (χ2n) is 7.53. The van der Waals surface area contributed by atoms with Crippen LogP contribution in [0.15, 0.2) is 102 Å². The van der Waals surface area contributed by atoms with E-state index in [1.54, 1.807) is 0 Å². The van der Waals surface area contributed by atoms with Crippen LogP contribution in [0.4, 0.5) is 5.69 Å². The summed E-state index contributed by atoms with van der Waals surface area (Å²) in [7, 11) is 0.488. The fourth-order valence-corrected chi connectivity index (χ4v) is 4.78. The summed E-state index contributed by atoms with van der Waals surface area (Å²) in [5.41, 5.74) is 5.79. The molecule has 0 aliphatic heterocycles. The average molecular weight is 423 g/mol. The Hall–Kier alpha value is -3.22. The summed E-state index contributed by atoms with van der Waals surface area (Å²) in [5, 5.41) is 2.52. The summed E-state index contributed by atoms with van der Waals surface area (Å²) in [6.45, 7) is 4.87. The van der Waals surface area contributed by atoms with Gasteiger partial charge in [-0.25, -0.2) is 0 Å². The lowest BCUT2D eigenvalue weighted by Crippen LogP contribution is -2.14. The molecule has 0 aliphatic rings. The molecule has 0 N–H and O–H groups in total. The number of para-hydroxylation sites is 1. The standard InChI is InChI=1S/C28H26NOP/c1-21-16-17-26(30-20-23-11-5-3-6-12-23)27(18-21)31-28-22(2)10-9-13-24(28)19-29-25-14-7-4-8-15-25/h3-19,31H,20H2,1-2H3/b29-19+. The second kappa shape index (κ2) is 10.2. The van der Waals surface area contributed by atoms with Gasteiger partial charge >= 0.3 is 0 Å². The van der Waals surface area contributed by atoms with Crippen LogP contribution >= 0.6 is 8.58 Å². The molecule has 0 saturated heterocycles. The predicted molar refractivity (Wildman–Crippen MR) is 134 cm³/mol. The van der Waals surface area contributed by atoms with E-state index < -0.39 is 0 Å². The minimum absolute atomic E-state index is 0.488. The highest BCUT2D eigenvalue weighted by molar-refractivity contribution is 7.56.